The van der Waals surface area contributed by atoms with Gasteiger partial charge in [-0.05, 0) is 60.7 Å². The van der Waals surface area contributed by atoms with E-state index in [1.807, 2.05) is 0 Å². The Bertz CT molecular complexity index is 230. The molecule has 2 saturated carbocycles. The molecule has 0 heteroatoms. The molecule has 5 atom stereocenters. The first kappa shape index (κ1) is 11.5. The fourth-order valence-corrected chi connectivity index (χ4v) is 4.73. The lowest BCUT2D eigenvalue weighted by Crippen LogP contribution is -2.41. The molecular weight excluding hydrogens is 180 g/mol. The van der Waals surface area contributed by atoms with Crippen molar-refractivity contribution in [3.05, 3.63) is 0 Å². The van der Waals surface area contributed by atoms with Gasteiger partial charge in [-0.3, -0.25) is 0 Å². The first-order valence-electron chi connectivity index (χ1n) is 6.97. The number of rotatable bonds is 1. The minimum atomic E-state index is 0.685. The van der Waals surface area contributed by atoms with Gasteiger partial charge in [-0.2, -0.15) is 0 Å². The van der Waals surface area contributed by atoms with Crippen LogP contribution in [-0.4, -0.2) is 0 Å². The van der Waals surface area contributed by atoms with E-state index in [0.29, 0.717) is 5.41 Å². The van der Waals surface area contributed by atoms with Crippen molar-refractivity contribution in [2.75, 3.05) is 0 Å². The fourth-order valence-electron chi connectivity index (χ4n) is 4.73. The lowest BCUT2D eigenvalue weighted by atomic mass is 9.57. The maximum Gasteiger partial charge on any atom is -0.0269 e. The van der Waals surface area contributed by atoms with E-state index in [-0.39, 0.29) is 0 Å². The Morgan fingerprint density at radius 2 is 1.73 bits per heavy atom. The largest absolute Gasteiger partial charge is 0.0625 e. The Kier molecular flexibility index (Phi) is 2.90. The van der Waals surface area contributed by atoms with E-state index in [4.69, 9.17) is 0 Å². The Labute approximate surface area is 95.8 Å². The summed E-state index contributed by atoms with van der Waals surface area (Å²) in [4.78, 5) is 0. The van der Waals surface area contributed by atoms with Crippen LogP contribution in [0.1, 0.15) is 60.3 Å². The lowest BCUT2D eigenvalue weighted by Gasteiger charge is -2.48. The highest BCUT2D eigenvalue weighted by molar-refractivity contribution is 5.00. The smallest absolute Gasteiger partial charge is 0.0269 e. The van der Waals surface area contributed by atoms with Gasteiger partial charge in [0.25, 0.3) is 0 Å². The second-order valence-electron chi connectivity index (χ2n) is 6.90. The van der Waals surface area contributed by atoms with Crippen molar-refractivity contribution < 1.29 is 0 Å². The third-order valence-corrected chi connectivity index (χ3v) is 6.07. The van der Waals surface area contributed by atoms with Crippen molar-refractivity contribution in [2.24, 2.45) is 35.0 Å². The zero-order chi connectivity index (χ0) is 11.2. The molecule has 2 aliphatic carbocycles. The van der Waals surface area contributed by atoms with E-state index in [1.165, 1.54) is 25.7 Å². The van der Waals surface area contributed by atoms with E-state index in [2.05, 4.69) is 34.6 Å². The van der Waals surface area contributed by atoms with Crippen LogP contribution >= 0.6 is 0 Å². The van der Waals surface area contributed by atoms with Gasteiger partial charge < -0.3 is 0 Å². The molecule has 0 saturated heterocycles. The molecule has 2 fully saturated rings. The Hall–Kier alpha value is 0. The molecule has 0 bridgehead atoms. The number of fused-ring (bicyclic) bond motifs is 1. The van der Waals surface area contributed by atoms with Crippen molar-refractivity contribution in [1.29, 1.82) is 0 Å². The molecule has 2 rings (SSSR count). The van der Waals surface area contributed by atoms with E-state index in [9.17, 15) is 0 Å². The molecule has 15 heavy (non-hydrogen) atoms. The van der Waals surface area contributed by atoms with Crippen molar-refractivity contribution >= 4 is 0 Å². The van der Waals surface area contributed by atoms with Gasteiger partial charge in [0.1, 0.15) is 0 Å². The van der Waals surface area contributed by atoms with Gasteiger partial charge in [0.05, 0.1) is 0 Å². The maximum absolute atomic E-state index is 2.57. The molecule has 2 aliphatic rings. The SMILES string of the molecule is CC(C)C1CCC2(C)C(C)CCC2C1C. The summed E-state index contributed by atoms with van der Waals surface area (Å²) in [5.41, 5.74) is 0.685. The molecule has 0 spiro atoms. The Balaban J connectivity index is 2.17. The van der Waals surface area contributed by atoms with Crippen LogP contribution in [0.5, 0.6) is 0 Å². The van der Waals surface area contributed by atoms with Gasteiger partial charge in [-0.25, -0.2) is 0 Å². The highest BCUT2D eigenvalue weighted by atomic mass is 14.6. The molecule has 88 valence electrons. The number of hydrogen-bond acceptors (Lipinski definition) is 0. The van der Waals surface area contributed by atoms with Gasteiger partial charge in [-0.1, -0.05) is 34.6 Å². The van der Waals surface area contributed by atoms with Crippen molar-refractivity contribution in [3.8, 4) is 0 Å². The van der Waals surface area contributed by atoms with E-state index < -0.39 is 0 Å². The summed E-state index contributed by atoms with van der Waals surface area (Å²) in [6.07, 6.45) is 5.96. The number of hydrogen-bond donors (Lipinski definition) is 0. The highest BCUT2D eigenvalue weighted by Crippen LogP contribution is 2.59. The summed E-state index contributed by atoms with van der Waals surface area (Å²) >= 11 is 0. The normalized spacial score (nSPS) is 50.8. The topological polar surface area (TPSA) is 0 Å². The molecule has 0 aromatic carbocycles. The maximum atomic E-state index is 2.57. The van der Waals surface area contributed by atoms with Crippen LogP contribution in [0.4, 0.5) is 0 Å². The monoisotopic (exact) mass is 208 g/mol. The van der Waals surface area contributed by atoms with Crippen LogP contribution in [0.2, 0.25) is 0 Å². The van der Waals surface area contributed by atoms with Gasteiger partial charge in [0.15, 0.2) is 0 Å². The third-order valence-electron chi connectivity index (χ3n) is 6.07. The zero-order valence-corrected chi connectivity index (χ0v) is 11.2. The van der Waals surface area contributed by atoms with Crippen molar-refractivity contribution in [2.45, 2.75) is 60.3 Å². The van der Waals surface area contributed by atoms with Crippen LogP contribution in [0, 0.1) is 35.0 Å². The van der Waals surface area contributed by atoms with Gasteiger partial charge in [0.2, 0.25) is 0 Å². The zero-order valence-electron chi connectivity index (χ0n) is 11.2. The molecule has 0 nitrogen and oxygen atoms in total. The standard InChI is InChI=1S/C15H28/c1-10(2)13-8-9-15(5)11(3)6-7-14(15)12(13)4/h10-14H,6-9H2,1-5H3. The van der Waals surface area contributed by atoms with Gasteiger partial charge in [0, 0.05) is 0 Å². The van der Waals surface area contributed by atoms with E-state index in [1.54, 1.807) is 0 Å². The summed E-state index contributed by atoms with van der Waals surface area (Å²) in [6, 6.07) is 0. The average molecular weight is 208 g/mol. The summed E-state index contributed by atoms with van der Waals surface area (Å²) in [5.74, 6) is 4.84. The molecule has 0 aliphatic heterocycles. The second-order valence-corrected chi connectivity index (χ2v) is 6.90. The molecule has 0 N–H and O–H groups in total. The molecule has 0 heterocycles. The first-order valence-corrected chi connectivity index (χ1v) is 6.97. The van der Waals surface area contributed by atoms with Crippen LogP contribution in [-0.2, 0) is 0 Å². The lowest BCUT2D eigenvalue weighted by molar-refractivity contribution is 0.00881. The minimum Gasteiger partial charge on any atom is -0.0625 e. The van der Waals surface area contributed by atoms with E-state index in [0.717, 1.165) is 29.6 Å². The summed E-state index contributed by atoms with van der Waals surface area (Å²) in [7, 11) is 0. The van der Waals surface area contributed by atoms with Crippen molar-refractivity contribution in [1.82, 2.24) is 0 Å². The van der Waals surface area contributed by atoms with E-state index >= 15 is 0 Å². The fraction of sp³-hybridized carbons (Fsp3) is 1.00. The van der Waals surface area contributed by atoms with Crippen LogP contribution in [0.3, 0.4) is 0 Å². The second kappa shape index (κ2) is 3.79. The van der Waals surface area contributed by atoms with Crippen molar-refractivity contribution in [3.63, 3.8) is 0 Å². The highest BCUT2D eigenvalue weighted by Gasteiger charge is 2.50. The van der Waals surface area contributed by atoms with Crippen LogP contribution in [0.25, 0.3) is 0 Å². The quantitative estimate of drug-likeness (QED) is 0.584. The van der Waals surface area contributed by atoms with Crippen LogP contribution < -0.4 is 0 Å². The Morgan fingerprint density at radius 3 is 2.33 bits per heavy atom. The molecule has 0 aromatic heterocycles. The summed E-state index contributed by atoms with van der Waals surface area (Å²) in [6.45, 7) is 12.4. The minimum absolute atomic E-state index is 0.685. The molecule has 0 aromatic rings. The first-order chi connectivity index (χ1) is 6.97. The average Bonchev–Trinajstić information content (AvgIpc) is 2.44. The Morgan fingerprint density at radius 1 is 1.07 bits per heavy atom. The van der Waals surface area contributed by atoms with Crippen LogP contribution in [0.15, 0.2) is 0 Å². The summed E-state index contributed by atoms with van der Waals surface area (Å²) in [5, 5.41) is 0. The molecule has 0 amide bonds. The molecular formula is C15H28. The molecule has 5 unspecified atom stereocenters. The molecule has 0 radical (unpaired) electrons. The van der Waals surface area contributed by atoms with Gasteiger partial charge >= 0.3 is 0 Å². The van der Waals surface area contributed by atoms with Gasteiger partial charge in [-0.15, -0.1) is 0 Å². The summed E-state index contributed by atoms with van der Waals surface area (Å²) < 4.78 is 0. The predicted molar refractivity (Wildman–Crippen MR) is 66.7 cm³/mol. The predicted octanol–water partition coefficient (Wildman–Crippen LogP) is 4.74. The third kappa shape index (κ3) is 1.65.